The number of hydrogen-bond acceptors (Lipinski definition) is 2. The number of carbonyl (C=O) groups excluding carboxylic acids is 2. The second-order valence-corrected chi connectivity index (χ2v) is 7.15. The number of allylic oxidation sites excluding steroid dienone is 1. The van der Waals surface area contributed by atoms with Crippen LogP contribution in [-0.2, 0) is 0 Å². The van der Waals surface area contributed by atoms with Gasteiger partial charge < -0.3 is 10.6 Å². The van der Waals surface area contributed by atoms with Crippen LogP contribution in [-0.4, -0.2) is 23.8 Å². The predicted molar refractivity (Wildman–Crippen MR) is 104 cm³/mol. The summed E-state index contributed by atoms with van der Waals surface area (Å²) in [7, 11) is 1.75. The Morgan fingerprint density at radius 3 is 2.62 bits per heavy atom. The van der Waals surface area contributed by atoms with Gasteiger partial charge in [-0.15, -0.1) is 6.58 Å². The normalized spacial score (nSPS) is 17.1. The first-order valence-electron chi connectivity index (χ1n) is 8.12. The Balaban J connectivity index is 2.11. The quantitative estimate of drug-likeness (QED) is 0.761. The van der Waals surface area contributed by atoms with E-state index < -0.39 is 5.91 Å². The standard InChI is InChI=1S/C20H18Cl2N2O2/c1-3-4-13(11-6-8-16(21)17(22)10-11)18-14-7-5-12(19(23)25)9-15(14)20(26)24(18)2/h3,5-10,13,18H,1,4H2,2H3,(H2,23,25). The average Bonchev–Trinajstić information content (AvgIpc) is 2.86. The van der Waals surface area contributed by atoms with Gasteiger partial charge in [0.05, 0.1) is 16.1 Å². The zero-order valence-electron chi connectivity index (χ0n) is 14.2. The van der Waals surface area contributed by atoms with Crippen LogP contribution >= 0.6 is 23.2 Å². The van der Waals surface area contributed by atoms with E-state index in [-0.39, 0.29) is 17.9 Å². The van der Waals surface area contributed by atoms with Crippen molar-refractivity contribution in [1.29, 1.82) is 0 Å². The van der Waals surface area contributed by atoms with E-state index in [4.69, 9.17) is 28.9 Å². The molecule has 2 amide bonds. The topological polar surface area (TPSA) is 63.4 Å². The lowest BCUT2D eigenvalue weighted by Crippen LogP contribution is -2.27. The number of nitrogens with zero attached hydrogens (tertiary/aromatic N) is 1. The highest BCUT2D eigenvalue weighted by molar-refractivity contribution is 6.42. The van der Waals surface area contributed by atoms with Crippen LogP contribution in [0.4, 0.5) is 0 Å². The van der Waals surface area contributed by atoms with Gasteiger partial charge in [0.15, 0.2) is 0 Å². The third-order valence-electron chi connectivity index (χ3n) is 4.80. The molecule has 0 saturated heterocycles. The number of rotatable bonds is 5. The Hall–Kier alpha value is -2.30. The van der Waals surface area contributed by atoms with Crippen molar-refractivity contribution in [2.75, 3.05) is 7.05 Å². The first-order chi connectivity index (χ1) is 12.3. The van der Waals surface area contributed by atoms with Crippen molar-refractivity contribution in [3.05, 3.63) is 81.4 Å². The van der Waals surface area contributed by atoms with E-state index in [9.17, 15) is 9.59 Å². The average molecular weight is 389 g/mol. The van der Waals surface area contributed by atoms with Gasteiger partial charge in [-0.2, -0.15) is 0 Å². The van der Waals surface area contributed by atoms with Gasteiger partial charge in [0, 0.05) is 24.1 Å². The Bertz CT molecular complexity index is 911. The summed E-state index contributed by atoms with van der Waals surface area (Å²) in [4.78, 5) is 25.9. The molecular formula is C20H18Cl2N2O2. The molecule has 1 aliphatic heterocycles. The maximum Gasteiger partial charge on any atom is 0.254 e. The molecule has 0 aliphatic carbocycles. The number of primary amides is 1. The van der Waals surface area contributed by atoms with Gasteiger partial charge in [-0.3, -0.25) is 9.59 Å². The molecule has 2 atom stereocenters. The second-order valence-electron chi connectivity index (χ2n) is 6.33. The van der Waals surface area contributed by atoms with Gasteiger partial charge in [-0.05, 0) is 41.8 Å². The van der Waals surface area contributed by atoms with Gasteiger partial charge in [-0.25, -0.2) is 0 Å². The molecule has 6 heteroatoms. The number of fused-ring (bicyclic) bond motifs is 1. The summed E-state index contributed by atoms with van der Waals surface area (Å²) >= 11 is 12.2. The molecule has 2 unspecified atom stereocenters. The lowest BCUT2D eigenvalue weighted by molar-refractivity contribution is 0.0755. The SMILES string of the molecule is C=CCC(c1ccc(Cl)c(Cl)c1)C1c2ccc(C(N)=O)cc2C(=O)N1C. The van der Waals surface area contributed by atoms with Crippen molar-refractivity contribution in [2.24, 2.45) is 5.73 Å². The molecule has 1 aliphatic rings. The van der Waals surface area contributed by atoms with Crippen molar-refractivity contribution in [1.82, 2.24) is 4.90 Å². The molecule has 2 aromatic rings. The van der Waals surface area contributed by atoms with Crippen LogP contribution in [0, 0.1) is 0 Å². The molecule has 2 N–H and O–H groups in total. The Morgan fingerprint density at radius 2 is 2.00 bits per heavy atom. The highest BCUT2D eigenvalue weighted by atomic mass is 35.5. The zero-order chi connectivity index (χ0) is 19.0. The molecule has 26 heavy (non-hydrogen) atoms. The molecule has 4 nitrogen and oxygen atoms in total. The number of benzene rings is 2. The third-order valence-corrected chi connectivity index (χ3v) is 5.54. The smallest absolute Gasteiger partial charge is 0.254 e. The van der Waals surface area contributed by atoms with Crippen molar-refractivity contribution in [2.45, 2.75) is 18.4 Å². The maximum absolute atomic E-state index is 12.7. The summed E-state index contributed by atoms with van der Waals surface area (Å²) in [5.74, 6) is -0.738. The third kappa shape index (κ3) is 3.11. The van der Waals surface area contributed by atoms with E-state index in [0.29, 0.717) is 27.6 Å². The van der Waals surface area contributed by atoms with Crippen molar-refractivity contribution in [3.63, 3.8) is 0 Å². The van der Waals surface area contributed by atoms with Gasteiger partial charge in [-0.1, -0.05) is 41.4 Å². The van der Waals surface area contributed by atoms with Gasteiger partial charge in [0.1, 0.15) is 0 Å². The fourth-order valence-corrected chi connectivity index (χ4v) is 3.84. The van der Waals surface area contributed by atoms with Gasteiger partial charge in [0.2, 0.25) is 5.91 Å². The molecule has 1 heterocycles. The van der Waals surface area contributed by atoms with Crippen LogP contribution in [0.15, 0.2) is 49.1 Å². The van der Waals surface area contributed by atoms with Gasteiger partial charge >= 0.3 is 0 Å². The summed E-state index contributed by atoms with van der Waals surface area (Å²) in [5.41, 5.74) is 8.00. The summed E-state index contributed by atoms with van der Waals surface area (Å²) in [6.45, 7) is 3.85. The fourth-order valence-electron chi connectivity index (χ4n) is 3.53. The lowest BCUT2D eigenvalue weighted by Gasteiger charge is -2.30. The number of amides is 2. The summed E-state index contributed by atoms with van der Waals surface area (Å²) in [5, 5.41) is 0.949. The Kier molecular flexibility index (Phi) is 5.08. The van der Waals surface area contributed by atoms with Gasteiger partial charge in [0.25, 0.3) is 5.91 Å². The number of hydrogen-bond donors (Lipinski definition) is 1. The molecule has 0 radical (unpaired) electrons. The molecule has 0 spiro atoms. The van der Waals surface area contributed by atoms with Crippen LogP contribution < -0.4 is 5.73 Å². The summed E-state index contributed by atoms with van der Waals surface area (Å²) in [6.07, 6.45) is 2.47. The van der Waals surface area contributed by atoms with Crippen molar-refractivity contribution >= 4 is 35.0 Å². The van der Waals surface area contributed by atoms with E-state index in [0.717, 1.165) is 11.1 Å². The summed E-state index contributed by atoms with van der Waals surface area (Å²) < 4.78 is 0. The zero-order valence-corrected chi connectivity index (χ0v) is 15.7. The first kappa shape index (κ1) is 18.5. The molecule has 0 aromatic heterocycles. The number of halogens is 2. The minimum atomic E-state index is -0.557. The molecule has 3 rings (SSSR count). The second kappa shape index (κ2) is 7.14. The van der Waals surface area contributed by atoms with Crippen LogP contribution in [0.5, 0.6) is 0 Å². The predicted octanol–water partition coefficient (Wildman–Crippen LogP) is 4.58. The molecule has 0 saturated carbocycles. The van der Waals surface area contributed by atoms with Crippen molar-refractivity contribution < 1.29 is 9.59 Å². The largest absolute Gasteiger partial charge is 0.366 e. The van der Waals surface area contributed by atoms with E-state index in [2.05, 4.69) is 6.58 Å². The highest BCUT2D eigenvalue weighted by Crippen LogP contribution is 2.45. The van der Waals surface area contributed by atoms with Crippen molar-refractivity contribution in [3.8, 4) is 0 Å². The number of nitrogens with two attached hydrogens (primary N) is 1. The minimum absolute atomic E-state index is 0.0445. The lowest BCUT2D eigenvalue weighted by atomic mass is 9.84. The summed E-state index contributed by atoms with van der Waals surface area (Å²) in [6, 6.07) is 10.3. The number of carbonyl (C=O) groups is 2. The van der Waals surface area contributed by atoms with Crippen LogP contribution in [0.3, 0.4) is 0 Å². The molecule has 2 aromatic carbocycles. The number of likely N-dealkylation sites (N-methyl/N-ethyl adjacent to an activating group) is 1. The first-order valence-corrected chi connectivity index (χ1v) is 8.87. The molecule has 0 bridgehead atoms. The Labute approximate surface area is 162 Å². The van der Waals surface area contributed by atoms with Crippen LogP contribution in [0.2, 0.25) is 10.0 Å². The highest BCUT2D eigenvalue weighted by Gasteiger charge is 2.39. The molecule has 0 fully saturated rings. The van der Waals surface area contributed by atoms with E-state index in [1.165, 1.54) is 0 Å². The van der Waals surface area contributed by atoms with E-state index >= 15 is 0 Å². The van der Waals surface area contributed by atoms with Crippen LogP contribution in [0.25, 0.3) is 0 Å². The van der Waals surface area contributed by atoms with Crippen LogP contribution in [0.1, 0.15) is 50.2 Å². The molecule has 134 valence electrons. The monoisotopic (exact) mass is 388 g/mol. The Morgan fingerprint density at radius 1 is 1.27 bits per heavy atom. The maximum atomic E-state index is 12.7. The minimum Gasteiger partial charge on any atom is -0.366 e. The fraction of sp³-hybridized carbons (Fsp3) is 0.200. The van der Waals surface area contributed by atoms with E-state index in [1.807, 2.05) is 18.2 Å². The molecular weight excluding hydrogens is 371 g/mol. The van der Waals surface area contributed by atoms with E-state index in [1.54, 1.807) is 36.2 Å².